The van der Waals surface area contributed by atoms with E-state index in [9.17, 15) is 4.79 Å². The Hall–Kier alpha value is -1.57. The lowest BCUT2D eigenvalue weighted by atomic mass is 9.43. The Bertz CT molecular complexity index is 604. The number of rotatable bonds is 3. The second kappa shape index (κ2) is 4.97. The van der Waals surface area contributed by atoms with Gasteiger partial charge in [-0.15, -0.1) is 0 Å². The SMILES string of the molecule is C=COC(=O)c1ccccc1C12CC3CC(CC(C3)C1C)C2. The number of ether oxygens (including phenoxy) is 1. The van der Waals surface area contributed by atoms with E-state index in [4.69, 9.17) is 4.74 Å². The van der Waals surface area contributed by atoms with E-state index in [1.165, 1.54) is 43.9 Å². The Morgan fingerprint density at radius 2 is 1.91 bits per heavy atom. The van der Waals surface area contributed by atoms with Gasteiger partial charge < -0.3 is 4.74 Å². The molecule has 0 radical (unpaired) electrons. The van der Waals surface area contributed by atoms with Crippen molar-refractivity contribution in [3.63, 3.8) is 0 Å². The highest BCUT2D eigenvalue weighted by Crippen LogP contribution is 2.63. The van der Waals surface area contributed by atoms with E-state index >= 15 is 0 Å². The minimum absolute atomic E-state index is 0.186. The molecule has 2 heteroatoms. The van der Waals surface area contributed by atoms with Crippen LogP contribution in [-0.2, 0) is 10.2 Å². The van der Waals surface area contributed by atoms with Crippen LogP contribution in [0, 0.1) is 23.7 Å². The summed E-state index contributed by atoms with van der Waals surface area (Å²) in [6, 6.07) is 8.11. The third kappa shape index (κ3) is 1.89. The van der Waals surface area contributed by atoms with Crippen LogP contribution in [0.2, 0.25) is 0 Å². The topological polar surface area (TPSA) is 26.3 Å². The Kier molecular flexibility index (Phi) is 3.18. The van der Waals surface area contributed by atoms with E-state index < -0.39 is 0 Å². The molecule has 4 fully saturated rings. The average Bonchev–Trinajstić information content (AvgIpc) is 2.52. The van der Waals surface area contributed by atoms with Crippen molar-refractivity contribution in [1.29, 1.82) is 0 Å². The summed E-state index contributed by atoms with van der Waals surface area (Å²) in [5.74, 6) is 2.97. The molecule has 0 N–H and O–H groups in total. The summed E-state index contributed by atoms with van der Waals surface area (Å²) in [7, 11) is 0. The zero-order valence-corrected chi connectivity index (χ0v) is 13.3. The fourth-order valence-electron chi connectivity index (χ4n) is 5.99. The van der Waals surface area contributed by atoms with Crippen LogP contribution in [0.4, 0.5) is 0 Å². The number of hydrogen-bond acceptors (Lipinski definition) is 2. The number of benzene rings is 1. The molecule has 3 atom stereocenters. The fraction of sp³-hybridized carbons (Fsp3) is 0.550. The third-order valence-corrected chi connectivity index (χ3v) is 6.70. The molecule has 5 rings (SSSR count). The van der Waals surface area contributed by atoms with Crippen molar-refractivity contribution in [2.75, 3.05) is 0 Å². The van der Waals surface area contributed by atoms with Gasteiger partial charge in [0, 0.05) is 0 Å². The van der Waals surface area contributed by atoms with Crippen molar-refractivity contribution in [3.8, 4) is 0 Å². The van der Waals surface area contributed by atoms with Gasteiger partial charge in [0.2, 0.25) is 0 Å². The largest absolute Gasteiger partial charge is 0.432 e. The molecule has 0 saturated heterocycles. The predicted molar refractivity (Wildman–Crippen MR) is 86.5 cm³/mol. The predicted octanol–water partition coefficient (Wildman–Crippen LogP) is 4.70. The second-order valence-electron chi connectivity index (χ2n) is 7.67. The van der Waals surface area contributed by atoms with E-state index in [1.807, 2.05) is 12.1 Å². The third-order valence-electron chi connectivity index (χ3n) is 6.70. The molecule has 116 valence electrons. The maximum atomic E-state index is 12.4. The molecule has 0 aliphatic heterocycles. The molecule has 0 aromatic heterocycles. The maximum Gasteiger partial charge on any atom is 0.343 e. The first-order valence-corrected chi connectivity index (χ1v) is 8.55. The van der Waals surface area contributed by atoms with Crippen molar-refractivity contribution in [2.45, 2.75) is 44.4 Å². The monoisotopic (exact) mass is 296 g/mol. The molecule has 1 aromatic rings. The molecule has 2 nitrogen and oxygen atoms in total. The number of esters is 1. The molecular formula is C20H24O2. The smallest absolute Gasteiger partial charge is 0.343 e. The number of carbonyl (C=O) groups is 1. The van der Waals surface area contributed by atoms with Gasteiger partial charge in [-0.3, -0.25) is 0 Å². The van der Waals surface area contributed by atoms with Crippen LogP contribution in [0.3, 0.4) is 0 Å². The molecule has 22 heavy (non-hydrogen) atoms. The lowest BCUT2D eigenvalue weighted by molar-refractivity contribution is -0.0541. The number of carbonyl (C=O) groups excluding carboxylic acids is 1. The van der Waals surface area contributed by atoms with Gasteiger partial charge in [-0.05, 0) is 72.8 Å². The van der Waals surface area contributed by atoms with Crippen LogP contribution in [-0.4, -0.2) is 5.97 Å². The summed E-state index contributed by atoms with van der Waals surface area (Å²) in [5, 5.41) is 0. The molecule has 0 amide bonds. The molecule has 4 saturated carbocycles. The van der Waals surface area contributed by atoms with Crippen molar-refractivity contribution in [1.82, 2.24) is 0 Å². The lowest BCUT2D eigenvalue weighted by Crippen LogP contribution is -2.54. The summed E-state index contributed by atoms with van der Waals surface area (Å²) in [4.78, 5) is 12.4. The molecule has 4 bridgehead atoms. The molecule has 4 aliphatic rings. The Labute approximate surface area is 132 Å². The van der Waals surface area contributed by atoms with Gasteiger partial charge in [0.1, 0.15) is 0 Å². The van der Waals surface area contributed by atoms with E-state index in [0.29, 0.717) is 5.92 Å². The van der Waals surface area contributed by atoms with Gasteiger partial charge in [-0.2, -0.15) is 0 Å². The van der Waals surface area contributed by atoms with Crippen LogP contribution in [0.5, 0.6) is 0 Å². The van der Waals surface area contributed by atoms with Crippen LogP contribution in [0.1, 0.15) is 54.9 Å². The summed E-state index contributed by atoms with van der Waals surface area (Å²) in [6.07, 6.45) is 7.95. The molecule has 4 aliphatic carbocycles. The Morgan fingerprint density at radius 3 is 2.59 bits per heavy atom. The standard InChI is InChI=1S/C20H24O2/c1-3-22-19(21)17-6-4-5-7-18(17)20-11-14-8-15(12-20)10-16(9-14)13(20)2/h3-7,13-16H,1,8-12H2,2H3. The maximum absolute atomic E-state index is 12.4. The first-order chi connectivity index (χ1) is 10.6. The molecule has 0 heterocycles. The van der Waals surface area contributed by atoms with E-state index in [-0.39, 0.29) is 11.4 Å². The quantitative estimate of drug-likeness (QED) is 0.597. The van der Waals surface area contributed by atoms with Gasteiger partial charge in [-0.1, -0.05) is 31.7 Å². The van der Waals surface area contributed by atoms with Gasteiger partial charge in [-0.25, -0.2) is 4.79 Å². The highest BCUT2D eigenvalue weighted by atomic mass is 16.5. The molecule has 0 spiro atoms. The first kappa shape index (κ1) is 14.0. The minimum atomic E-state index is -0.256. The zero-order chi connectivity index (χ0) is 15.3. The van der Waals surface area contributed by atoms with Gasteiger partial charge in [0.15, 0.2) is 0 Å². The van der Waals surface area contributed by atoms with Crippen LogP contribution < -0.4 is 0 Å². The summed E-state index contributed by atoms with van der Waals surface area (Å²) in [6.45, 7) is 5.93. The highest BCUT2D eigenvalue weighted by Gasteiger charge is 2.56. The van der Waals surface area contributed by atoms with Crippen molar-refractivity contribution >= 4 is 5.97 Å². The van der Waals surface area contributed by atoms with Crippen LogP contribution in [0.15, 0.2) is 37.1 Å². The summed E-state index contributed by atoms with van der Waals surface area (Å²) >= 11 is 0. The van der Waals surface area contributed by atoms with Crippen LogP contribution >= 0.6 is 0 Å². The molecule has 1 aromatic carbocycles. The lowest BCUT2D eigenvalue weighted by Gasteiger charge is -2.61. The van der Waals surface area contributed by atoms with E-state index in [0.717, 1.165) is 23.3 Å². The van der Waals surface area contributed by atoms with Gasteiger partial charge >= 0.3 is 5.97 Å². The molecule has 3 unspecified atom stereocenters. The van der Waals surface area contributed by atoms with Crippen molar-refractivity contribution < 1.29 is 9.53 Å². The molecular weight excluding hydrogens is 272 g/mol. The average molecular weight is 296 g/mol. The minimum Gasteiger partial charge on any atom is -0.432 e. The summed E-state index contributed by atoms with van der Waals surface area (Å²) in [5.41, 5.74) is 2.16. The number of hydrogen-bond donors (Lipinski definition) is 0. The highest BCUT2D eigenvalue weighted by molar-refractivity contribution is 5.92. The van der Waals surface area contributed by atoms with E-state index in [1.54, 1.807) is 0 Å². The normalized spacial score (nSPS) is 38.8. The fourth-order valence-corrected chi connectivity index (χ4v) is 5.99. The van der Waals surface area contributed by atoms with E-state index in [2.05, 4.69) is 25.6 Å². The van der Waals surface area contributed by atoms with Crippen molar-refractivity contribution in [3.05, 3.63) is 48.2 Å². The first-order valence-electron chi connectivity index (χ1n) is 8.55. The Morgan fingerprint density at radius 1 is 1.23 bits per heavy atom. The second-order valence-corrected chi connectivity index (χ2v) is 7.67. The summed E-state index contributed by atoms with van der Waals surface area (Å²) < 4.78 is 5.09. The van der Waals surface area contributed by atoms with Crippen LogP contribution in [0.25, 0.3) is 0 Å². The van der Waals surface area contributed by atoms with Gasteiger partial charge in [0.25, 0.3) is 0 Å². The zero-order valence-electron chi connectivity index (χ0n) is 13.3. The van der Waals surface area contributed by atoms with Gasteiger partial charge in [0.05, 0.1) is 11.8 Å². The Balaban J connectivity index is 1.81. The van der Waals surface area contributed by atoms with Crippen molar-refractivity contribution in [2.24, 2.45) is 23.7 Å².